The van der Waals surface area contributed by atoms with E-state index in [-0.39, 0.29) is 6.42 Å². The molecule has 92 valence electrons. The van der Waals surface area contributed by atoms with E-state index in [0.29, 0.717) is 11.1 Å². The molecule has 1 aliphatic carbocycles. The van der Waals surface area contributed by atoms with Crippen LogP contribution in [0.1, 0.15) is 17.5 Å². The molecule has 1 N–H and O–H groups in total. The van der Waals surface area contributed by atoms with Crippen LogP contribution in [0.2, 0.25) is 0 Å². The lowest BCUT2D eigenvalue weighted by Crippen LogP contribution is -2.35. The van der Waals surface area contributed by atoms with E-state index in [1.54, 1.807) is 36.4 Å². The molecule has 0 amide bonds. The topological polar surface area (TPSA) is 29.5 Å². The summed E-state index contributed by atoms with van der Waals surface area (Å²) in [4.78, 5) is 0. The fourth-order valence-corrected chi connectivity index (χ4v) is 1.79. The van der Waals surface area contributed by atoms with Gasteiger partial charge in [0.1, 0.15) is 6.61 Å². The van der Waals surface area contributed by atoms with Crippen molar-refractivity contribution in [3.63, 3.8) is 0 Å². The molecule has 1 aromatic carbocycles. The van der Waals surface area contributed by atoms with E-state index in [4.69, 9.17) is 0 Å². The maximum absolute atomic E-state index is 12.1. The van der Waals surface area contributed by atoms with E-state index in [9.17, 15) is 18.3 Å². The first-order chi connectivity index (χ1) is 7.91. The molecule has 0 fully saturated rings. The highest BCUT2D eigenvalue weighted by Crippen LogP contribution is 2.35. The molecule has 0 bridgehead atoms. The van der Waals surface area contributed by atoms with Gasteiger partial charge in [0.05, 0.1) is 0 Å². The third-order valence-electron chi connectivity index (χ3n) is 2.55. The molecule has 1 aromatic rings. The van der Waals surface area contributed by atoms with E-state index < -0.39 is 18.6 Å². The monoisotopic (exact) mass is 244 g/mol. The lowest BCUT2D eigenvalue weighted by atomic mass is 9.92. The normalized spacial score (nSPS) is 23.5. The van der Waals surface area contributed by atoms with Gasteiger partial charge in [-0.25, -0.2) is 0 Å². The molecule has 17 heavy (non-hydrogen) atoms. The van der Waals surface area contributed by atoms with Crippen LogP contribution in [0.3, 0.4) is 0 Å². The number of benzene rings is 1. The molecular formula is C12H11F3O2. The predicted molar refractivity (Wildman–Crippen MR) is 56.0 cm³/mol. The summed E-state index contributed by atoms with van der Waals surface area (Å²) < 4.78 is 40.9. The zero-order valence-corrected chi connectivity index (χ0v) is 8.87. The molecule has 0 aromatic heterocycles. The van der Waals surface area contributed by atoms with Crippen molar-refractivity contribution in [1.82, 2.24) is 0 Å². The second-order valence-electron chi connectivity index (χ2n) is 3.88. The van der Waals surface area contributed by atoms with Crippen molar-refractivity contribution in [1.29, 1.82) is 0 Å². The molecule has 0 spiro atoms. The zero-order valence-electron chi connectivity index (χ0n) is 8.87. The maximum atomic E-state index is 12.1. The van der Waals surface area contributed by atoms with Gasteiger partial charge >= 0.3 is 6.18 Å². The van der Waals surface area contributed by atoms with Crippen molar-refractivity contribution < 1.29 is 23.0 Å². The zero-order chi connectivity index (χ0) is 12.5. The molecule has 0 saturated heterocycles. The van der Waals surface area contributed by atoms with Gasteiger partial charge in [0.25, 0.3) is 0 Å². The van der Waals surface area contributed by atoms with Crippen LogP contribution < -0.4 is 0 Å². The Hall–Kier alpha value is -1.33. The van der Waals surface area contributed by atoms with Crippen LogP contribution in [0, 0.1) is 0 Å². The van der Waals surface area contributed by atoms with Gasteiger partial charge in [-0.1, -0.05) is 36.4 Å². The van der Waals surface area contributed by atoms with Crippen LogP contribution in [0.25, 0.3) is 6.08 Å². The molecule has 0 heterocycles. The quantitative estimate of drug-likeness (QED) is 0.810. The second kappa shape index (κ2) is 4.16. The molecule has 5 heteroatoms. The fraction of sp³-hybridized carbons (Fsp3) is 0.333. The highest BCUT2D eigenvalue weighted by atomic mass is 19.4. The average Bonchev–Trinajstić information content (AvgIpc) is 2.27. The number of aliphatic hydroxyl groups is 1. The first kappa shape index (κ1) is 12.1. The summed E-state index contributed by atoms with van der Waals surface area (Å²) in [7, 11) is 0. The van der Waals surface area contributed by atoms with Gasteiger partial charge in [0, 0.05) is 12.0 Å². The van der Waals surface area contributed by atoms with Gasteiger partial charge in [0.2, 0.25) is 0 Å². The fourth-order valence-electron chi connectivity index (χ4n) is 1.79. The highest BCUT2D eigenvalue weighted by Gasteiger charge is 2.38. The van der Waals surface area contributed by atoms with Gasteiger partial charge in [-0.15, -0.1) is 0 Å². The van der Waals surface area contributed by atoms with Crippen LogP contribution in [0.15, 0.2) is 30.3 Å². The molecule has 1 aliphatic rings. The second-order valence-corrected chi connectivity index (χ2v) is 3.88. The summed E-state index contributed by atoms with van der Waals surface area (Å²) in [5, 5.41) is 10.1. The third kappa shape index (κ3) is 2.68. The summed E-state index contributed by atoms with van der Waals surface area (Å²) in [6.45, 7) is -1.47. The number of hydrogen-bond donors (Lipinski definition) is 1. The Morgan fingerprint density at radius 3 is 2.71 bits per heavy atom. The van der Waals surface area contributed by atoms with Crippen molar-refractivity contribution in [3.8, 4) is 0 Å². The van der Waals surface area contributed by atoms with Gasteiger partial charge in [-0.3, -0.25) is 0 Å². The molecular weight excluding hydrogens is 233 g/mol. The molecule has 2 nitrogen and oxygen atoms in total. The van der Waals surface area contributed by atoms with Gasteiger partial charge in [-0.05, 0) is 5.56 Å². The molecule has 0 saturated carbocycles. The third-order valence-corrected chi connectivity index (χ3v) is 2.55. The van der Waals surface area contributed by atoms with Gasteiger partial charge < -0.3 is 9.84 Å². The van der Waals surface area contributed by atoms with E-state index in [0.717, 1.165) is 0 Å². The van der Waals surface area contributed by atoms with Crippen LogP contribution in [0.4, 0.5) is 13.2 Å². The Labute approximate surface area is 96.3 Å². The summed E-state index contributed by atoms with van der Waals surface area (Å²) in [5.41, 5.74) is 1.04. The lowest BCUT2D eigenvalue weighted by Gasteiger charge is -2.31. The SMILES string of the molecule is OC1(OCC(F)(F)F)CC=Cc2ccccc21. The minimum absolute atomic E-state index is 0.0140. The van der Waals surface area contributed by atoms with Crippen LogP contribution >= 0.6 is 0 Å². The number of rotatable bonds is 2. The number of alkyl halides is 3. The smallest absolute Gasteiger partial charge is 0.362 e. The van der Waals surface area contributed by atoms with Crippen molar-refractivity contribution >= 4 is 6.08 Å². The van der Waals surface area contributed by atoms with E-state index >= 15 is 0 Å². The first-order valence-electron chi connectivity index (χ1n) is 5.10. The van der Waals surface area contributed by atoms with Crippen LogP contribution in [0.5, 0.6) is 0 Å². The predicted octanol–water partition coefficient (Wildman–Crippen LogP) is 2.83. The van der Waals surface area contributed by atoms with E-state index in [1.165, 1.54) is 0 Å². The largest absolute Gasteiger partial charge is 0.411 e. The van der Waals surface area contributed by atoms with Crippen LogP contribution in [-0.2, 0) is 10.5 Å². The van der Waals surface area contributed by atoms with Crippen molar-refractivity contribution in [2.75, 3.05) is 6.61 Å². The van der Waals surface area contributed by atoms with Crippen LogP contribution in [-0.4, -0.2) is 17.9 Å². The van der Waals surface area contributed by atoms with Crippen molar-refractivity contribution in [3.05, 3.63) is 41.5 Å². The maximum Gasteiger partial charge on any atom is 0.411 e. The standard InChI is InChI=1S/C12H11F3O2/c13-12(14,15)8-17-11(16)7-3-5-9-4-1-2-6-10(9)11/h1-6,16H,7-8H2. The summed E-state index contributed by atoms with van der Waals surface area (Å²) >= 11 is 0. The van der Waals surface area contributed by atoms with Crippen molar-refractivity contribution in [2.45, 2.75) is 18.4 Å². The Bertz CT molecular complexity index is 440. The molecule has 1 unspecified atom stereocenters. The molecule has 0 radical (unpaired) electrons. The van der Waals surface area contributed by atoms with E-state index in [2.05, 4.69) is 4.74 Å². The molecule has 2 rings (SSSR count). The number of hydrogen-bond acceptors (Lipinski definition) is 2. The number of halogens is 3. The first-order valence-corrected chi connectivity index (χ1v) is 5.10. The summed E-state index contributed by atoms with van der Waals surface area (Å²) in [5.74, 6) is -1.89. The van der Waals surface area contributed by atoms with Crippen molar-refractivity contribution in [2.24, 2.45) is 0 Å². The van der Waals surface area contributed by atoms with Gasteiger partial charge in [-0.2, -0.15) is 13.2 Å². The Balaban J connectivity index is 2.24. The average molecular weight is 244 g/mol. The molecule has 1 atom stereocenters. The van der Waals surface area contributed by atoms with E-state index in [1.807, 2.05) is 0 Å². The minimum atomic E-state index is -4.45. The number of ether oxygens (including phenoxy) is 1. The minimum Gasteiger partial charge on any atom is -0.362 e. The lowest BCUT2D eigenvalue weighted by molar-refractivity contribution is -0.271. The summed E-state index contributed by atoms with van der Waals surface area (Å²) in [6, 6.07) is 6.68. The number of fused-ring (bicyclic) bond motifs is 1. The Morgan fingerprint density at radius 2 is 2.00 bits per heavy atom. The Morgan fingerprint density at radius 1 is 1.29 bits per heavy atom. The summed E-state index contributed by atoms with van der Waals surface area (Å²) in [6.07, 6.45) is -1.09. The van der Waals surface area contributed by atoms with Gasteiger partial charge in [0.15, 0.2) is 5.79 Å². The molecule has 0 aliphatic heterocycles. The Kier molecular flexibility index (Phi) is 2.97. The highest BCUT2D eigenvalue weighted by molar-refractivity contribution is 5.57.